The zero-order chi connectivity index (χ0) is 32.2. The molecule has 0 aliphatic carbocycles. The van der Waals surface area contributed by atoms with E-state index in [1.165, 1.54) is 31.8 Å². The van der Waals surface area contributed by atoms with Gasteiger partial charge in [-0.1, -0.05) is 0 Å². The van der Waals surface area contributed by atoms with Gasteiger partial charge in [-0.2, -0.15) is 0 Å². The number of hydrogen-bond acceptors (Lipinski definition) is 0. The molecule has 6 rings (SSSR count). The monoisotopic (exact) mass is 1120 g/mol. The average molecular weight is 1120 g/mol. The Balaban J connectivity index is 0.000000179. The minimum atomic E-state index is -1.88. The van der Waals surface area contributed by atoms with Gasteiger partial charge < -0.3 is 0 Å². The van der Waals surface area contributed by atoms with Crippen LogP contribution in [0.3, 0.4) is 0 Å². The first-order valence-corrected chi connectivity index (χ1v) is 32.9. The van der Waals surface area contributed by atoms with Crippen molar-refractivity contribution in [2.75, 3.05) is 13.3 Å². The standard InChI is InChI=1S/2C19H19P.Co.4HI/c2*1-20(17-11-5-2-6-12-17,18-13-7-3-8-14-18)19-15-9-4-10-16-19;;;;;/h2*2-16,20H,1H3;;4*1H/q;;+4;;;;/p-4. The summed E-state index contributed by atoms with van der Waals surface area (Å²) in [4.78, 5) is 0. The molecule has 0 unspecified atom stereocenters. The number of halogens is 4. The Morgan fingerprint density at radius 2 is 0.400 bits per heavy atom. The Kier molecular flexibility index (Phi) is 15.3. The van der Waals surface area contributed by atoms with E-state index in [0.29, 0.717) is 0 Å². The van der Waals surface area contributed by atoms with Gasteiger partial charge in [0.2, 0.25) is 0 Å². The van der Waals surface area contributed by atoms with E-state index in [-0.39, 0.29) is 0 Å². The fraction of sp³-hybridized carbons (Fsp3) is 0.0526. The quantitative estimate of drug-likeness (QED) is 0.115. The molecular weight excluding hydrogens is 1080 g/mol. The van der Waals surface area contributed by atoms with E-state index in [2.05, 4.69) is 277 Å². The van der Waals surface area contributed by atoms with Gasteiger partial charge in [0.1, 0.15) is 0 Å². The average Bonchev–Trinajstić information content (AvgIpc) is 3.09. The van der Waals surface area contributed by atoms with Gasteiger partial charge >= 0.3 is 323 Å². The van der Waals surface area contributed by atoms with E-state index in [4.69, 9.17) is 0 Å². The van der Waals surface area contributed by atoms with Crippen molar-refractivity contribution in [2.24, 2.45) is 0 Å². The second-order valence-electron chi connectivity index (χ2n) is 10.7. The summed E-state index contributed by atoms with van der Waals surface area (Å²) in [5, 5.41) is 8.74. The summed E-state index contributed by atoms with van der Waals surface area (Å²) < 4.78 is -0.495. The van der Waals surface area contributed by atoms with Crippen molar-refractivity contribution in [3.63, 3.8) is 0 Å². The molecule has 0 nitrogen and oxygen atoms in total. The SMILES string of the molecule is C[PH](c1ccccc1)(c1ccccc1)c1ccccc1.C[PH](c1ccccc1)(c1ccccc1)c1ccccc1.[I][Co]([I])([I])[I]. The molecule has 0 fully saturated rings. The van der Waals surface area contributed by atoms with E-state index < -0.39 is 14.3 Å². The van der Waals surface area contributed by atoms with Crippen molar-refractivity contribution < 1.29 is -0.254 Å². The second kappa shape index (κ2) is 18.4. The Labute approximate surface area is 318 Å². The predicted octanol–water partition coefficient (Wildman–Crippen LogP) is 10.2. The van der Waals surface area contributed by atoms with Gasteiger partial charge in [0, 0.05) is 0 Å². The van der Waals surface area contributed by atoms with Crippen LogP contribution < -0.4 is 31.8 Å². The van der Waals surface area contributed by atoms with Gasteiger partial charge in [-0.05, 0) is 0 Å². The summed E-state index contributed by atoms with van der Waals surface area (Å²) in [6.07, 6.45) is 0. The fourth-order valence-corrected chi connectivity index (χ4v) is 12.8. The van der Waals surface area contributed by atoms with Gasteiger partial charge in [0.05, 0.1) is 0 Å². The summed E-state index contributed by atoms with van der Waals surface area (Å²) in [5.74, 6) is 0. The fourth-order valence-electron chi connectivity index (χ4n) is 5.63. The van der Waals surface area contributed by atoms with Crippen LogP contribution in [0.4, 0.5) is 0 Å². The molecule has 0 heterocycles. The first kappa shape index (κ1) is 37.4. The van der Waals surface area contributed by atoms with Crippen LogP contribution in [0.5, 0.6) is 0 Å². The van der Waals surface area contributed by atoms with Crippen LogP contribution in [-0.4, -0.2) is 13.3 Å². The molecule has 0 saturated carbocycles. The Morgan fingerprint density at radius 1 is 0.289 bits per heavy atom. The van der Waals surface area contributed by atoms with Crippen LogP contribution in [0.1, 0.15) is 0 Å². The van der Waals surface area contributed by atoms with E-state index in [0.717, 1.165) is 0 Å². The molecule has 7 heteroatoms. The number of benzene rings is 6. The molecule has 0 radical (unpaired) electrons. The molecule has 237 valence electrons. The first-order chi connectivity index (χ1) is 21.6. The van der Waals surface area contributed by atoms with Crippen molar-refractivity contribution in [1.29, 1.82) is 0 Å². The van der Waals surface area contributed by atoms with Gasteiger partial charge in [0.15, 0.2) is 0 Å². The zero-order valence-electron chi connectivity index (χ0n) is 25.2. The topological polar surface area (TPSA) is 0 Å². The normalized spacial score (nSPS) is 12.4. The van der Waals surface area contributed by atoms with Gasteiger partial charge in [-0.15, -0.1) is 0 Å². The summed E-state index contributed by atoms with van der Waals surface area (Å²) in [6.45, 7) is 4.88. The molecule has 0 aliphatic rings. The Bertz CT molecular complexity index is 1360. The zero-order valence-corrected chi connectivity index (χ0v) is 36.8. The molecular formula is C38H38CoI4P2. The molecule has 0 N–H and O–H groups in total. The van der Waals surface area contributed by atoms with Crippen LogP contribution in [0, 0.1) is 0 Å². The van der Waals surface area contributed by atoms with Gasteiger partial charge in [0.25, 0.3) is 0 Å². The van der Waals surface area contributed by atoms with Crippen molar-refractivity contribution in [1.82, 2.24) is 0 Å². The predicted molar refractivity (Wildman–Crippen MR) is 241 cm³/mol. The maximum absolute atomic E-state index is 2.45. The molecule has 6 aromatic carbocycles. The third-order valence-electron chi connectivity index (χ3n) is 8.11. The van der Waals surface area contributed by atoms with Crippen LogP contribution in [0.2, 0.25) is 0 Å². The van der Waals surface area contributed by atoms with E-state index in [1.54, 1.807) is 0 Å². The summed E-state index contributed by atoms with van der Waals surface area (Å²) in [6, 6.07) is 65.5. The first-order valence-electron chi connectivity index (χ1n) is 14.5. The van der Waals surface area contributed by atoms with Crippen LogP contribution in [0.25, 0.3) is 0 Å². The Morgan fingerprint density at radius 3 is 0.511 bits per heavy atom. The summed E-state index contributed by atoms with van der Waals surface area (Å²) in [5.41, 5.74) is 0. The van der Waals surface area contributed by atoms with Crippen molar-refractivity contribution in [3.05, 3.63) is 182 Å². The summed E-state index contributed by atoms with van der Waals surface area (Å²) >= 11 is 9.79. The summed E-state index contributed by atoms with van der Waals surface area (Å²) in [7, 11) is -3.76. The molecule has 0 aliphatic heterocycles. The van der Waals surface area contributed by atoms with Crippen LogP contribution in [0.15, 0.2) is 182 Å². The van der Waals surface area contributed by atoms with Crippen molar-refractivity contribution >= 4 is 128 Å². The second-order valence-corrected chi connectivity index (χ2v) is 71.4. The number of rotatable bonds is 6. The molecule has 0 spiro atoms. The van der Waals surface area contributed by atoms with Gasteiger partial charge in [-0.3, -0.25) is 0 Å². The molecule has 45 heavy (non-hydrogen) atoms. The number of hydrogen-bond donors (Lipinski definition) is 0. The van der Waals surface area contributed by atoms with Crippen molar-refractivity contribution in [2.45, 2.75) is 0 Å². The maximum atomic E-state index is 2.45. The molecule has 0 amide bonds. The molecule has 6 aromatic rings. The van der Waals surface area contributed by atoms with E-state index >= 15 is 0 Å². The third-order valence-corrected chi connectivity index (χ3v) is 17.0. The molecule has 0 atom stereocenters. The Hall–Kier alpha value is -0.394. The van der Waals surface area contributed by atoms with Crippen LogP contribution >= 0.6 is 96.2 Å². The van der Waals surface area contributed by atoms with E-state index in [9.17, 15) is 0 Å². The van der Waals surface area contributed by atoms with E-state index in [1.807, 2.05) is 0 Å². The molecule has 0 bridgehead atoms. The third kappa shape index (κ3) is 10.8. The minimum absolute atomic E-state index is 0.495. The van der Waals surface area contributed by atoms with Crippen molar-refractivity contribution in [3.8, 4) is 0 Å². The van der Waals surface area contributed by atoms with Crippen LogP contribution in [-0.2, 0) is -0.254 Å². The molecule has 0 saturated heterocycles. The molecule has 0 aromatic heterocycles. The van der Waals surface area contributed by atoms with Gasteiger partial charge in [-0.25, -0.2) is 0 Å².